The third-order valence-corrected chi connectivity index (χ3v) is 6.40. The highest BCUT2D eigenvalue weighted by molar-refractivity contribution is 9.10. The van der Waals surface area contributed by atoms with Crippen LogP contribution in [0.4, 0.5) is 11.4 Å². The SMILES string of the molecule is CC(C)C(NS(=O)(=O)c1ccc(Br)cc1)C(=O)OCC(=O)Nc1ccc(Cl)c([N+](=O)[O-])c1. The average Bonchev–Trinajstić information content (AvgIpc) is 2.71. The number of amides is 1. The van der Waals surface area contributed by atoms with E-state index in [0.29, 0.717) is 4.47 Å². The number of carbonyl (C=O) groups excluding carboxylic acids is 2. The van der Waals surface area contributed by atoms with Gasteiger partial charge in [0.15, 0.2) is 6.61 Å². The fourth-order valence-corrected chi connectivity index (χ4v) is 4.24. The topological polar surface area (TPSA) is 145 Å². The molecular formula is C19H19BrClN3O7S. The van der Waals surface area contributed by atoms with Crippen molar-refractivity contribution in [1.29, 1.82) is 0 Å². The number of ether oxygens (including phenoxy) is 1. The molecule has 172 valence electrons. The maximum Gasteiger partial charge on any atom is 0.324 e. The normalized spacial score (nSPS) is 12.3. The van der Waals surface area contributed by atoms with Crippen molar-refractivity contribution >= 4 is 60.8 Å². The number of hydrogen-bond donors (Lipinski definition) is 2. The van der Waals surface area contributed by atoms with E-state index in [1.807, 2.05) is 0 Å². The first-order chi connectivity index (χ1) is 14.9. The highest BCUT2D eigenvalue weighted by Crippen LogP contribution is 2.27. The zero-order valence-electron chi connectivity index (χ0n) is 16.9. The third-order valence-electron chi connectivity index (χ3n) is 4.10. The monoisotopic (exact) mass is 547 g/mol. The molecule has 0 aliphatic rings. The molecular weight excluding hydrogens is 530 g/mol. The number of halogens is 2. The number of sulfonamides is 1. The zero-order chi connectivity index (χ0) is 24.1. The van der Waals surface area contributed by atoms with Crippen LogP contribution >= 0.6 is 27.5 Å². The molecule has 0 fully saturated rings. The second kappa shape index (κ2) is 10.9. The van der Waals surface area contributed by atoms with Gasteiger partial charge in [-0.25, -0.2) is 8.42 Å². The first kappa shape index (κ1) is 25.7. The molecule has 1 amide bonds. The molecule has 2 N–H and O–H groups in total. The molecule has 1 unspecified atom stereocenters. The number of nitro benzene ring substituents is 1. The second-order valence-electron chi connectivity index (χ2n) is 6.88. The van der Waals surface area contributed by atoms with E-state index >= 15 is 0 Å². The Morgan fingerprint density at radius 1 is 1.19 bits per heavy atom. The van der Waals surface area contributed by atoms with Gasteiger partial charge in [-0.2, -0.15) is 4.72 Å². The van der Waals surface area contributed by atoms with Crippen molar-refractivity contribution in [3.05, 3.63) is 62.1 Å². The van der Waals surface area contributed by atoms with E-state index in [-0.39, 0.29) is 15.6 Å². The number of benzene rings is 2. The van der Waals surface area contributed by atoms with Crippen molar-refractivity contribution < 1.29 is 27.7 Å². The van der Waals surface area contributed by atoms with E-state index in [4.69, 9.17) is 16.3 Å². The van der Waals surface area contributed by atoms with E-state index in [1.165, 1.54) is 24.3 Å². The number of nitrogens with zero attached hydrogens (tertiary/aromatic N) is 1. The molecule has 0 aliphatic heterocycles. The molecule has 2 rings (SSSR count). The van der Waals surface area contributed by atoms with Gasteiger partial charge in [0, 0.05) is 16.2 Å². The highest BCUT2D eigenvalue weighted by atomic mass is 79.9. The Bertz CT molecular complexity index is 1120. The third kappa shape index (κ3) is 6.99. The summed E-state index contributed by atoms with van der Waals surface area (Å²) in [5.74, 6) is -2.19. The first-order valence-electron chi connectivity index (χ1n) is 9.09. The molecule has 0 bridgehead atoms. The molecule has 0 aliphatic carbocycles. The van der Waals surface area contributed by atoms with E-state index in [0.717, 1.165) is 6.07 Å². The molecule has 0 saturated heterocycles. The van der Waals surface area contributed by atoms with Crippen LogP contribution in [-0.2, 0) is 24.3 Å². The number of carbonyl (C=O) groups is 2. The number of nitro groups is 1. The van der Waals surface area contributed by atoms with Gasteiger partial charge in [-0.1, -0.05) is 41.4 Å². The number of rotatable bonds is 9. The number of hydrogen-bond acceptors (Lipinski definition) is 7. The van der Waals surface area contributed by atoms with Crippen LogP contribution in [-0.4, -0.2) is 37.9 Å². The Morgan fingerprint density at radius 2 is 1.81 bits per heavy atom. The van der Waals surface area contributed by atoms with Crippen LogP contribution in [0.15, 0.2) is 51.8 Å². The molecule has 32 heavy (non-hydrogen) atoms. The molecule has 0 saturated carbocycles. The average molecular weight is 549 g/mol. The molecule has 10 nitrogen and oxygen atoms in total. The van der Waals surface area contributed by atoms with Gasteiger partial charge in [0.25, 0.3) is 11.6 Å². The van der Waals surface area contributed by atoms with Crippen LogP contribution in [0.3, 0.4) is 0 Å². The van der Waals surface area contributed by atoms with E-state index in [2.05, 4.69) is 26.0 Å². The second-order valence-corrected chi connectivity index (χ2v) is 9.91. The van der Waals surface area contributed by atoms with Gasteiger partial charge in [0.2, 0.25) is 10.0 Å². The minimum atomic E-state index is -4.02. The summed E-state index contributed by atoms with van der Waals surface area (Å²) >= 11 is 8.93. The summed E-state index contributed by atoms with van der Waals surface area (Å²) in [7, 11) is -4.02. The summed E-state index contributed by atoms with van der Waals surface area (Å²) < 4.78 is 33.1. The number of esters is 1. The smallest absolute Gasteiger partial charge is 0.324 e. The maximum absolute atomic E-state index is 12.6. The van der Waals surface area contributed by atoms with Gasteiger partial charge in [0.05, 0.1) is 9.82 Å². The lowest BCUT2D eigenvalue weighted by Crippen LogP contribution is -2.45. The molecule has 2 aromatic carbocycles. The van der Waals surface area contributed by atoms with Gasteiger partial charge >= 0.3 is 5.97 Å². The van der Waals surface area contributed by atoms with Gasteiger partial charge in [-0.3, -0.25) is 19.7 Å². The van der Waals surface area contributed by atoms with Crippen molar-refractivity contribution in [3.63, 3.8) is 0 Å². The summed E-state index contributed by atoms with van der Waals surface area (Å²) in [6.45, 7) is 2.50. The van der Waals surface area contributed by atoms with Crippen LogP contribution in [0.5, 0.6) is 0 Å². The van der Waals surface area contributed by atoms with Crippen LogP contribution in [0.1, 0.15) is 13.8 Å². The lowest BCUT2D eigenvalue weighted by molar-refractivity contribution is -0.384. The molecule has 0 heterocycles. The molecule has 0 spiro atoms. The summed E-state index contributed by atoms with van der Waals surface area (Å²) in [6.07, 6.45) is 0. The fraction of sp³-hybridized carbons (Fsp3) is 0.263. The van der Waals surface area contributed by atoms with Gasteiger partial charge < -0.3 is 10.1 Å². The molecule has 13 heteroatoms. The summed E-state index contributed by atoms with van der Waals surface area (Å²) in [5, 5.41) is 13.2. The highest BCUT2D eigenvalue weighted by Gasteiger charge is 2.30. The Morgan fingerprint density at radius 3 is 2.38 bits per heavy atom. The van der Waals surface area contributed by atoms with Crippen LogP contribution in [0, 0.1) is 16.0 Å². The fourth-order valence-electron chi connectivity index (χ4n) is 2.46. The Kier molecular flexibility index (Phi) is 8.73. The van der Waals surface area contributed by atoms with Gasteiger partial charge in [-0.15, -0.1) is 0 Å². The van der Waals surface area contributed by atoms with Crippen LogP contribution in [0.2, 0.25) is 5.02 Å². The largest absolute Gasteiger partial charge is 0.454 e. The lowest BCUT2D eigenvalue weighted by atomic mass is 10.1. The standard InChI is InChI=1S/C19H19BrClN3O7S/c1-11(2)18(23-32(29,30)14-6-3-12(20)4-7-14)19(26)31-10-17(25)22-13-5-8-15(21)16(9-13)24(27)28/h3-9,11,18,23H,10H2,1-2H3,(H,22,25). The molecule has 0 aromatic heterocycles. The summed E-state index contributed by atoms with van der Waals surface area (Å²) in [4.78, 5) is 34.7. The lowest BCUT2D eigenvalue weighted by Gasteiger charge is -2.20. The Labute approximate surface area is 197 Å². The van der Waals surface area contributed by atoms with Crippen LogP contribution < -0.4 is 10.0 Å². The summed E-state index contributed by atoms with van der Waals surface area (Å²) in [5.41, 5.74) is -0.317. The van der Waals surface area contributed by atoms with E-state index < -0.39 is 51.1 Å². The van der Waals surface area contributed by atoms with Gasteiger partial charge in [-0.05, 0) is 42.3 Å². The Hall–Kier alpha value is -2.54. The predicted octanol–water partition coefficient (Wildman–Crippen LogP) is 3.50. The van der Waals surface area contributed by atoms with Crippen molar-refractivity contribution in [1.82, 2.24) is 4.72 Å². The number of anilines is 1. The first-order valence-corrected chi connectivity index (χ1v) is 11.7. The minimum absolute atomic E-state index is 0.0405. The zero-order valence-corrected chi connectivity index (χ0v) is 20.0. The quantitative estimate of drug-likeness (QED) is 0.277. The molecule has 2 aromatic rings. The van der Waals surface area contributed by atoms with Crippen molar-refractivity contribution in [2.24, 2.45) is 5.92 Å². The van der Waals surface area contributed by atoms with Crippen LogP contribution in [0.25, 0.3) is 0 Å². The molecule has 1 atom stereocenters. The predicted molar refractivity (Wildman–Crippen MR) is 121 cm³/mol. The molecule has 0 radical (unpaired) electrons. The van der Waals surface area contributed by atoms with Crippen molar-refractivity contribution in [2.75, 3.05) is 11.9 Å². The van der Waals surface area contributed by atoms with Crippen molar-refractivity contribution in [2.45, 2.75) is 24.8 Å². The summed E-state index contributed by atoms with van der Waals surface area (Å²) in [6, 6.07) is 8.23. The minimum Gasteiger partial charge on any atom is -0.454 e. The van der Waals surface area contributed by atoms with E-state index in [9.17, 15) is 28.1 Å². The van der Waals surface area contributed by atoms with E-state index in [1.54, 1.807) is 26.0 Å². The Balaban J connectivity index is 2.02. The van der Waals surface area contributed by atoms with Crippen molar-refractivity contribution in [3.8, 4) is 0 Å². The van der Waals surface area contributed by atoms with Gasteiger partial charge in [0.1, 0.15) is 11.1 Å². The maximum atomic E-state index is 12.6. The number of nitrogens with one attached hydrogen (secondary N) is 2.